The number of benzene rings is 1. The Labute approximate surface area is 142 Å². The average Bonchev–Trinajstić information content (AvgIpc) is 3.01. The molecular weight excluding hydrogens is 306 g/mol. The molecule has 0 saturated heterocycles. The molecule has 1 aromatic carbocycles. The molecule has 0 unspecified atom stereocenters. The van der Waals surface area contributed by atoms with Crippen molar-refractivity contribution in [1.82, 2.24) is 20.8 Å². The summed E-state index contributed by atoms with van der Waals surface area (Å²) in [5.74, 6) is 2.93. The fourth-order valence-corrected chi connectivity index (χ4v) is 2.16. The Morgan fingerprint density at radius 3 is 2.62 bits per heavy atom. The Balaban J connectivity index is 1.77. The van der Waals surface area contributed by atoms with Gasteiger partial charge in [0, 0.05) is 19.5 Å². The van der Waals surface area contributed by atoms with Gasteiger partial charge in [-0.05, 0) is 38.0 Å². The lowest BCUT2D eigenvalue weighted by Gasteiger charge is -2.11. The number of aromatic nitrogens is 2. The van der Waals surface area contributed by atoms with Crippen LogP contribution in [0.1, 0.15) is 24.2 Å². The second kappa shape index (κ2) is 9.54. The van der Waals surface area contributed by atoms with Crippen LogP contribution in [-0.4, -0.2) is 42.8 Å². The fourth-order valence-electron chi connectivity index (χ4n) is 2.16. The van der Waals surface area contributed by atoms with Crippen molar-refractivity contribution in [2.45, 2.75) is 26.7 Å². The first-order valence-corrected chi connectivity index (χ1v) is 8.15. The molecular formula is C17H25N5O2. The summed E-state index contributed by atoms with van der Waals surface area (Å²) in [5.41, 5.74) is 1.25. The second-order valence-electron chi connectivity index (χ2n) is 5.27. The zero-order valence-corrected chi connectivity index (χ0v) is 14.5. The Morgan fingerprint density at radius 2 is 2.00 bits per heavy atom. The van der Waals surface area contributed by atoms with Crippen LogP contribution in [0.25, 0.3) is 0 Å². The highest BCUT2D eigenvalue weighted by atomic mass is 16.5. The summed E-state index contributed by atoms with van der Waals surface area (Å²) in [7, 11) is 1.67. The molecule has 0 fully saturated rings. The topological polar surface area (TPSA) is 84.6 Å². The van der Waals surface area contributed by atoms with Crippen LogP contribution in [0.3, 0.4) is 0 Å². The number of methoxy groups -OCH3 is 1. The first kappa shape index (κ1) is 17.8. The van der Waals surface area contributed by atoms with Gasteiger partial charge in [-0.3, -0.25) is 4.99 Å². The Hall–Kier alpha value is -2.57. The van der Waals surface area contributed by atoms with Crippen molar-refractivity contribution in [3.8, 4) is 5.75 Å². The lowest BCUT2D eigenvalue weighted by Crippen LogP contribution is -2.38. The minimum Gasteiger partial charge on any atom is -0.497 e. The van der Waals surface area contributed by atoms with E-state index < -0.39 is 0 Å². The predicted octanol–water partition coefficient (Wildman–Crippen LogP) is 1.73. The third-order valence-corrected chi connectivity index (χ3v) is 3.37. The summed E-state index contributed by atoms with van der Waals surface area (Å²) in [6.07, 6.45) is 1.55. The maximum absolute atomic E-state index is 5.16. The van der Waals surface area contributed by atoms with Crippen molar-refractivity contribution in [3.63, 3.8) is 0 Å². The summed E-state index contributed by atoms with van der Waals surface area (Å²) in [6.45, 7) is 6.06. The van der Waals surface area contributed by atoms with Gasteiger partial charge < -0.3 is 19.9 Å². The predicted molar refractivity (Wildman–Crippen MR) is 93.4 cm³/mol. The molecule has 2 N–H and O–H groups in total. The molecule has 130 valence electrons. The zero-order valence-electron chi connectivity index (χ0n) is 14.5. The van der Waals surface area contributed by atoms with Gasteiger partial charge in [-0.25, -0.2) is 0 Å². The molecule has 1 aromatic heterocycles. The van der Waals surface area contributed by atoms with Gasteiger partial charge in [0.2, 0.25) is 5.89 Å². The molecule has 0 saturated carbocycles. The normalized spacial score (nSPS) is 11.4. The standard InChI is InChI=1S/C17H25N5O2/c1-4-18-17(20-12-10-16-21-13(2)22-24-16)19-11-9-14-5-7-15(23-3)8-6-14/h5-8H,4,9-12H2,1-3H3,(H2,18,19,20). The first-order valence-electron chi connectivity index (χ1n) is 8.15. The van der Waals surface area contributed by atoms with Crippen molar-refractivity contribution in [2.24, 2.45) is 4.99 Å². The number of hydrogen-bond acceptors (Lipinski definition) is 5. The third kappa shape index (κ3) is 5.91. The molecule has 24 heavy (non-hydrogen) atoms. The zero-order chi connectivity index (χ0) is 17.2. The van der Waals surface area contributed by atoms with Crippen LogP contribution in [0, 0.1) is 6.92 Å². The Morgan fingerprint density at radius 1 is 1.21 bits per heavy atom. The van der Waals surface area contributed by atoms with E-state index >= 15 is 0 Å². The van der Waals surface area contributed by atoms with E-state index in [1.54, 1.807) is 14.0 Å². The first-order chi connectivity index (χ1) is 11.7. The fraction of sp³-hybridized carbons (Fsp3) is 0.471. The summed E-state index contributed by atoms with van der Waals surface area (Å²) in [4.78, 5) is 8.69. The minimum atomic E-state index is 0.597. The van der Waals surface area contributed by atoms with Gasteiger partial charge in [0.1, 0.15) is 5.75 Å². The van der Waals surface area contributed by atoms with Crippen LogP contribution in [0.4, 0.5) is 0 Å². The van der Waals surface area contributed by atoms with Gasteiger partial charge in [0.05, 0.1) is 13.7 Å². The van der Waals surface area contributed by atoms with E-state index in [4.69, 9.17) is 9.26 Å². The molecule has 7 heteroatoms. The quantitative estimate of drug-likeness (QED) is 0.566. The molecule has 0 aliphatic carbocycles. The number of rotatable bonds is 8. The van der Waals surface area contributed by atoms with Gasteiger partial charge >= 0.3 is 0 Å². The van der Waals surface area contributed by atoms with E-state index in [-0.39, 0.29) is 0 Å². The van der Waals surface area contributed by atoms with Crippen LogP contribution < -0.4 is 15.4 Å². The number of hydrogen-bond donors (Lipinski definition) is 2. The van der Waals surface area contributed by atoms with E-state index in [2.05, 4.69) is 37.9 Å². The number of aryl methyl sites for hydroxylation is 1. The molecule has 0 atom stereocenters. The number of aliphatic imine (C=N–C) groups is 1. The Bertz CT molecular complexity index is 637. The summed E-state index contributed by atoms with van der Waals surface area (Å²) >= 11 is 0. The van der Waals surface area contributed by atoms with Gasteiger partial charge in [0.25, 0.3) is 0 Å². The van der Waals surface area contributed by atoms with Crippen LogP contribution in [0.15, 0.2) is 33.8 Å². The van der Waals surface area contributed by atoms with Crippen molar-refractivity contribution in [1.29, 1.82) is 0 Å². The number of nitrogens with zero attached hydrogens (tertiary/aromatic N) is 3. The maximum atomic E-state index is 5.16. The van der Waals surface area contributed by atoms with Gasteiger partial charge in [-0.1, -0.05) is 17.3 Å². The highest BCUT2D eigenvalue weighted by Crippen LogP contribution is 2.11. The summed E-state index contributed by atoms with van der Waals surface area (Å²) < 4.78 is 10.2. The summed E-state index contributed by atoms with van der Waals surface area (Å²) in [5, 5.41) is 10.3. The summed E-state index contributed by atoms with van der Waals surface area (Å²) in [6, 6.07) is 8.09. The number of nitrogens with one attached hydrogen (secondary N) is 2. The second-order valence-corrected chi connectivity index (χ2v) is 5.27. The van der Waals surface area contributed by atoms with E-state index in [1.165, 1.54) is 5.56 Å². The molecule has 7 nitrogen and oxygen atoms in total. The molecule has 2 aromatic rings. The maximum Gasteiger partial charge on any atom is 0.228 e. The van der Waals surface area contributed by atoms with E-state index in [0.29, 0.717) is 24.7 Å². The van der Waals surface area contributed by atoms with Crippen molar-refractivity contribution in [3.05, 3.63) is 41.5 Å². The highest BCUT2D eigenvalue weighted by molar-refractivity contribution is 5.79. The van der Waals surface area contributed by atoms with Crippen molar-refractivity contribution >= 4 is 5.96 Å². The van der Waals surface area contributed by atoms with Crippen molar-refractivity contribution in [2.75, 3.05) is 26.7 Å². The molecule has 0 aliphatic rings. The van der Waals surface area contributed by atoms with Crippen LogP contribution in [0.2, 0.25) is 0 Å². The average molecular weight is 331 g/mol. The Kier molecular flexibility index (Phi) is 7.07. The van der Waals surface area contributed by atoms with Gasteiger partial charge in [0.15, 0.2) is 11.8 Å². The van der Waals surface area contributed by atoms with Crippen LogP contribution in [-0.2, 0) is 12.8 Å². The molecule has 0 amide bonds. The van der Waals surface area contributed by atoms with Crippen molar-refractivity contribution < 1.29 is 9.26 Å². The monoisotopic (exact) mass is 331 g/mol. The SMILES string of the molecule is CCNC(=NCCc1nc(C)no1)NCCc1ccc(OC)cc1. The largest absolute Gasteiger partial charge is 0.497 e. The van der Waals surface area contributed by atoms with Crippen LogP contribution in [0.5, 0.6) is 5.75 Å². The van der Waals surface area contributed by atoms with E-state index in [0.717, 1.165) is 31.2 Å². The molecule has 0 bridgehead atoms. The molecule has 0 aliphatic heterocycles. The lowest BCUT2D eigenvalue weighted by atomic mass is 10.1. The third-order valence-electron chi connectivity index (χ3n) is 3.37. The number of guanidine groups is 1. The number of ether oxygens (including phenoxy) is 1. The molecule has 0 spiro atoms. The van der Waals surface area contributed by atoms with Gasteiger partial charge in [-0.15, -0.1) is 0 Å². The molecule has 2 rings (SSSR count). The lowest BCUT2D eigenvalue weighted by molar-refractivity contribution is 0.376. The highest BCUT2D eigenvalue weighted by Gasteiger charge is 2.03. The minimum absolute atomic E-state index is 0.597. The molecule has 1 heterocycles. The van der Waals surface area contributed by atoms with Crippen LogP contribution >= 0.6 is 0 Å². The van der Waals surface area contributed by atoms with E-state index in [1.807, 2.05) is 19.1 Å². The smallest absolute Gasteiger partial charge is 0.228 e. The van der Waals surface area contributed by atoms with E-state index in [9.17, 15) is 0 Å². The molecule has 0 radical (unpaired) electrons. The van der Waals surface area contributed by atoms with Gasteiger partial charge in [-0.2, -0.15) is 4.98 Å².